The van der Waals surface area contributed by atoms with E-state index < -0.39 is 10.0 Å². The number of thiophene rings is 1. The Morgan fingerprint density at radius 3 is 2.81 bits per heavy atom. The van der Waals surface area contributed by atoms with E-state index in [1.165, 1.54) is 0 Å². The standard InChI is InChI=1S/C14H13BrClNO2S2/c15-12-8-11(3-4-13(12)16)21(18,19)17-6-1-2-14(17)10-5-7-20-9-10/h3-5,7-9,14H,1-2,6H2. The van der Waals surface area contributed by atoms with Gasteiger partial charge in [-0.3, -0.25) is 0 Å². The summed E-state index contributed by atoms with van der Waals surface area (Å²) in [6.07, 6.45) is 1.75. The third-order valence-corrected chi connectivity index (χ3v) is 7.45. The first kappa shape index (κ1) is 15.5. The minimum absolute atomic E-state index is 0.0595. The van der Waals surface area contributed by atoms with E-state index in [9.17, 15) is 8.42 Å². The Kier molecular flexibility index (Phi) is 4.43. The van der Waals surface area contributed by atoms with Gasteiger partial charge in [0.25, 0.3) is 0 Å². The molecule has 1 aliphatic rings. The fourth-order valence-corrected chi connectivity index (χ4v) is 5.66. The summed E-state index contributed by atoms with van der Waals surface area (Å²) in [6.45, 7) is 0.559. The minimum atomic E-state index is -3.50. The molecule has 7 heteroatoms. The first-order chi connectivity index (χ1) is 10.00. The van der Waals surface area contributed by atoms with E-state index in [4.69, 9.17) is 11.6 Å². The molecule has 112 valence electrons. The molecule has 0 saturated carbocycles. The number of nitrogens with zero attached hydrogens (tertiary/aromatic N) is 1. The molecular weight excluding hydrogens is 394 g/mol. The quantitative estimate of drug-likeness (QED) is 0.741. The van der Waals surface area contributed by atoms with E-state index in [0.29, 0.717) is 16.0 Å². The third kappa shape index (κ3) is 2.92. The van der Waals surface area contributed by atoms with Crippen LogP contribution in [0.1, 0.15) is 24.4 Å². The van der Waals surface area contributed by atoms with Gasteiger partial charge in [0.05, 0.1) is 16.0 Å². The van der Waals surface area contributed by atoms with Crippen LogP contribution in [0, 0.1) is 0 Å². The molecule has 2 heterocycles. The molecule has 21 heavy (non-hydrogen) atoms. The maximum Gasteiger partial charge on any atom is 0.243 e. The van der Waals surface area contributed by atoms with Crippen LogP contribution in [0.4, 0.5) is 0 Å². The second-order valence-corrected chi connectivity index (χ2v) is 8.84. The molecule has 1 saturated heterocycles. The van der Waals surface area contributed by atoms with Gasteiger partial charge in [-0.05, 0) is 69.4 Å². The zero-order chi connectivity index (χ0) is 15.0. The van der Waals surface area contributed by atoms with Crippen molar-refractivity contribution in [2.75, 3.05) is 6.54 Å². The van der Waals surface area contributed by atoms with E-state index in [0.717, 1.165) is 18.4 Å². The molecule has 1 fully saturated rings. The molecule has 1 aliphatic heterocycles. The van der Waals surface area contributed by atoms with Crippen LogP contribution in [0.15, 0.2) is 44.4 Å². The number of benzene rings is 1. The van der Waals surface area contributed by atoms with Crippen LogP contribution in [-0.2, 0) is 10.0 Å². The Morgan fingerprint density at radius 2 is 2.14 bits per heavy atom. The maximum atomic E-state index is 12.9. The van der Waals surface area contributed by atoms with Crippen molar-refractivity contribution >= 4 is 48.9 Å². The van der Waals surface area contributed by atoms with E-state index >= 15 is 0 Å². The van der Waals surface area contributed by atoms with Crippen LogP contribution in [0.3, 0.4) is 0 Å². The summed E-state index contributed by atoms with van der Waals surface area (Å²) in [5.74, 6) is 0. The van der Waals surface area contributed by atoms with Crippen LogP contribution >= 0.6 is 38.9 Å². The lowest BCUT2D eigenvalue weighted by molar-refractivity contribution is 0.397. The van der Waals surface area contributed by atoms with Crippen molar-refractivity contribution in [3.8, 4) is 0 Å². The van der Waals surface area contributed by atoms with Crippen LogP contribution < -0.4 is 0 Å². The lowest BCUT2D eigenvalue weighted by Crippen LogP contribution is -2.30. The van der Waals surface area contributed by atoms with Gasteiger partial charge in [0, 0.05) is 11.0 Å². The SMILES string of the molecule is O=S(=O)(c1ccc(Cl)c(Br)c1)N1CCCC1c1ccsc1. The van der Waals surface area contributed by atoms with Crippen molar-refractivity contribution in [3.05, 3.63) is 50.1 Å². The first-order valence-corrected chi connectivity index (χ1v) is 10.0. The second kappa shape index (κ2) is 6.01. The predicted molar refractivity (Wildman–Crippen MR) is 89.3 cm³/mol. The van der Waals surface area contributed by atoms with Gasteiger partial charge in [-0.25, -0.2) is 8.42 Å². The van der Waals surface area contributed by atoms with Crippen LogP contribution in [-0.4, -0.2) is 19.3 Å². The molecule has 1 unspecified atom stereocenters. The topological polar surface area (TPSA) is 37.4 Å². The zero-order valence-electron chi connectivity index (χ0n) is 11.0. The fourth-order valence-electron chi connectivity index (χ4n) is 2.60. The van der Waals surface area contributed by atoms with Crippen molar-refractivity contribution in [1.82, 2.24) is 4.31 Å². The van der Waals surface area contributed by atoms with Crippen molar-refractivity contribution in [3.63, 3.8) is 0 Å². The Morgan fingerprint density at radius 1 is 1.33 bits per heavy atom. The second-order valence-electron chi connectivity index (χ2n) is 4.91. The largest absolute Gasteiger partial charge is 0.243 e. The average molecular weight is 407 g/mol. The Hall–Kier alpha value is -0.400. The highest BCUT2D eigenvalue weighted by atomic mass is 79.9. The third-order valence-electron chi connectivity index (χ3n) is 3.63. The summed E-state index contributed by atoms with van der Waals surface area (Å²) in [4.78, 5) is 0.279. The molecule has 2 aromatic rings. The Balaban J connectivity index is 1.99. The highest BCUT2D eigenvalue weighted by molar-refractivity contribution is 9.10. The number of rotatable bonds is 3. The molecule has 0 aliphatic carbocycles. The van der Waals surface area contributed by atoms with E-state index in [1.807, 2.05) is 16.8 Å². The lowest BCUT2D eigenvalue weighted by Gasteiger charge is -2.23. The lowest BCUT2D eigenvalue weighted by atomic mass is 10.1. The van der Waals surface area contributed by atoms with Crippen molar-refractivity contribution < 1.29 is 8.42 Å². The zero-order valence-corrected chi connectivity index (χ0v) is 15.0. The van der Waals surface area contributed by atoms with Crippen LogP contribution in [0.5, 0.6) is 0 Å². The van der Waals surface area contributed by atoms with Crippen LogP contribution in [0.25, 0.3) is 0 Å². The molecule has 1 atom stereocenters. The van der Waals surface area contributed by atoms with Crippen molar-refractivity contribution in [2.45, 2.75) is 23.8 Å². The van der Waals surface area contributed by atoms with Gasteiger partial charge >= 0.3 is 0 Å². The molecule has 0 spiro atoms. The summed E-state index contributed by atoms with van der Waals surface area (Å²) < 4.78 is 27.9. The van der Waals surface area contributed by atoms with Gasteiger partial charge in [0.2, 0.25) is 10.0 Å². The van der Waals surface area contributed by atoms with Gasteiger partial charge in [-0.1, -0.05) is 11.6 Å². The van der Waals surface area contributed by atoms with E-state index in [2.05, 4.69) is 15.9 Å². The monoisotopic (exact) mass is 405 g/mol. The van der Waals surface area contributed by atoms with Crippen molar-refractivity contribution in [1.29, 1.82) is 0 Å². The molecular formula is C14H13BrClNO2S2. The van der Waals surface area contributed by atoms with E-state index in [1.54, 1.807) is 33.8 Å². The van der Waals surface area contributed by atoms with Gasteiger partial charge < -0.3 is 0 Å². The highest BCUT2D eigenvalue weighted by Crippen LogP contribution is 2.38. The maximum absolute atomic E-state index is 12.9. The molecule has 1 aromatic carbocycles. The Bertz CT molecular complexity index is 746. The summed E-state index contributed by atoms with van der Waals surface area (Å²) >= 11 is 10.8. The number of halogens is 2. The van der Waals surface area contributed by atoms with Crippen LogP contribution in [0.2, 0.25) is 5.02 Å². The Labute approximate surface area is 141 Å². The summed E-state index contributed by atoms with van der Waals surface area (Å²) in [6, 6.07) is 6.68. The average Bonchev–Trinajstić information content (AvgIpc) is 3.11. The molecule has 0 amide bonds. The molecule has 0 N–H and O–H groups in total. The smallest absolute Gasteiger partial charge is 0.207 e. The summed E-state index contributed by atoms with van der Waals surface area (Å²) in [5, 5.41) is 4.51. The van der Waals surface area contributed by atoms with Gasteiger partial charge in [-0.2, -0.15) is 15.6 Å². The van der Waals surface area contributed by atoms with Gasteiger partial charge in [0.1, 0.15) is 0 Å². The fraction of sp³-hybridized carbons (Fsp3) is 0.286. The molecule has 0 radical (unpaired) electrons. The molecule has 1 aromatic heterocycles. The van der Waals surface area contributed by atoms with Gasteiger partial charge in [0.15, 0.2) is 0 Å². The highest BCUT2D eigenvalue weighted by Gasteiger charge is 2.36. The predicted octanol–water partition coefficient (Wildman–Crippen LogP) is 4.69. The molecule has 3 nitrogen and oxygen atoms in total. The summed E-state index contributed by atoms with van der Waals surface area (Å²) in [7, 11) is -3.50. The normalized spacial score (nSPS) is 20.0. The molecule has 0 bridgehead atoms. The van der Waals surface area contributed by atoms with Gasteiger partial charge in [-0.15, -0.1) is 0 Å². The number of sulfonamides is 1. The minimum Gasteiger partial charge on any atom is -0.207 e. The number of hydrogen-bond donors (Lipinski definition) is 0. The van der Waals surface area contributed by atoms with Crippen molar-refractivity contribution in [2.24, 2.45) is 0 Å². The number of hydrogen-bond acceptors (Lipinski definition) is 3. The van der Waals surface area contributed by atoms with E-state index in [-0.39, 0.29) is 10.9 Å². The molecule has 3 rings (SSSR count). The first-order valence-electron chi connectivity index (χ1n) is 6.49. The summed E-state index contributed by atoms with van der Waals surface area (Å²) in [5.41, 5.74) is 1.08.